The summed E-state index contributed by atoms with van der Waals surface area (Å²) in [5.74, 6) is -0.340. The molecule has 0 spiro atoms. The van der Waals surface area contributed by atoms with Gasteiger partial charge in [-0.3, -0.25) is 4.79 Å². The number of hydrogen-bond donors (Lipinski definition) is 0. The van der Waals surface area contributed by atoms with E-state index in [1.165, 1.54) is 27.0 Å². The van der Waals surface area contributed by atoms with Crippen molar-refractivity contribution in [3.63, 3.8) is 0 Å². The Labute approximate surface area is 117 Å². The van der Waals surface area contributed by atoms with Gasteiger partial charge < -0.3 is 4.74 Å². The molecule has 1 aromatic rings. The number of benzene rings is 1. The van der Waals surface area contributed by atoms with Gasteiger partial charge in [-0.15, -0.1) is 0 Å². The van der Waals surface area contributed by atoms with Gasteiger partial charge in [0, 0.05) is 24.7 Å². The van der Waals surface area contributed by atoms with Crippen LogP contribution in [-0.4, -0.2) is 30.3 Å². The molecule has 20 heavy (non-hydrogen) atoms. The number of allylic oxidation sites excluding steroid dienone is 1. The van der Waals surface area contributed by atoms with E-state index < -0.39 is 17.4 Å². The molecular weight excluding hydrogens is 262 g/mol. The zero-order chi connectivity index (χ0) is 15.0. The van der Waals surface area contributed by atoms with Gasteiger partial charge in [0.15, 0.2) is 11.5 Å². The maximum absolute atomic E-state index is 14.6. The standard InChI is InChI=1S/C16H18F2O2/c1-15(17)9-12(10-16(2,18)14(15)20-3)13(19)11-7-5-4-6-8-11/h4-9,14H,10H2,1-3H3. The molecule has 1 aromatic carbocycles. The van der Waals surface area contributed by atoms with Crippen LogP contribution in [0.3, 0.4) is 0 Å². The number of rotatable bonds is 3. The molecule has 0 saturated heterocycles. The lowest BCUT2D eigenvalue weighted by molar-refractivity contribution is -0.0990. The summed E-state index contributed by atoms with van der Waals surface area (Å²) in [6.45, 7) is 2.50. The molecule has 0 radical (unpaired) electrons. The average Bonchev–Trinajstić information content (AvgIpc) is 2.36. The number of methoxy groups -OCH3 is 1. The van der Waals surface area contributed by atoms with Crippen molar-refractivity contribution in [2.75, 3.05) is 7.11 Å². The number of hydrogen-bond acceptors (Lipinski definition) is 2. The van der Waals surface area contributed by atoms with Crippen LogP contribution in [0.25, 0.3) is 0 Å². The quantitative estimate of drug-likeness (QED) is 0.790. The molecule has 3 atom stereocenters. The zero-order valence-electron chi connectivity index (χ0n) is 11.8. The van der Waals surface area contributed by atoms with Crippen molar-refractivity contribution in [3.8, 4) is 0 Å². The fourth-order valence-electron chi connectivity index (χ4n) is 2.92. The van der Waals surface area contributed by atoms with Crippen LogP contribution in [0.5, 0.6) is 0 Å². The number of carbonyl (C=O) groups excluding carboxylic acids is 1. The number of carbonyl (C=O) groups is 1. The molecule has 0 aromatic heterocycles. The normalized spacial score (nSPS) is 33.6. The lowest BCUT2D eigenvalue weighted by Gasteiger charge is -2.40. The molecule has 1 aliphatic carbocycles. The second-order valence-corrected chi connectivity index (χ2v) is 5.59. The number of ether oxygens (including phenoxy) is 1. The summed E-state index contributed by atoms with van der Waals surface area (Å²) < 4.78 is 34.1. The Bertz CT molecular complexity index is 533. The van der Waals surface area contributed by atoms with Gasteiger partial charge in [0.1, 0.15) is 11.8 Å². The van der Waals surface area contributed by atoms with Crippen LogP contribution in [0, 0.1) is 0 Å². The zero-order valence-corrected chi connectivity index (χ0v) is 11.8. The Kier molecular flexibility index (Phi) is 3.78. The molecule has 0 N–H and O–H groups in total. The third-order valence-electron chi connectivity index (χ3n) is 3.62. The van der Waals surface area contributed by atoms with E-state index in [1.807, 2.05) is 0 Å². The summed E-state index contributed by atoms with van der Waals surface area (Å²) in [5, 5.41) is 0. The summed E-state index contributed by atoms with van der Waals surface area (Å²) in [4.78, 5) is 12.3. The number of Topliss-reactive ketones (excluding diaryl/α,β-unsaturated/α-hetero) is 1. The molecular formula is C16H18F2O2. The average molecular weight is 280 g/mol. The van der Waals surface area contributed by atoms with Gasteiger partial charge in [-0.1, -0.05) is 30.3 Å². The summed E-state index contributed by atoms with van der Waals surface area (Å²) in [5.41, 5.74) is -3.36. The number of ketones is 1. The third kappa shape index (κ3) is 2.66. The summed E-state index contributed by atoms with van der Waals surface area (Å²) in [6, 6.07) is 8.49. The van der Waals surface area contributed by atoms with Gasteiger partial charge in [0.05, 0.1) is 0 Å². The van der Waals surface area contributed by atoms with Gasteiger partial charge in [0.2, 0.25) is 0 Å². The first-order valence-corrected chi connectivity index (χ1v) is 6.50. The van der Waals surface area contributed by atoms with Gasteiger partial charge in [-0.25, -0.2) is 8.78 Å². The van der Waals surface area contributed by atoms with Crippen molar-refractivity contribution >= 4 is 5.78 Å². The topological polar surface area (TPSA) is 26.3 Å². The SMILES string of the molecule is COC1C(C)(F)C=C(C(=O)c2ccccc2)CC1(C)F. The highest BCUT2D eigenvalue weighted by Crippen LogP contribution is 2.41. The smallest absolute Gasteiger partial charge is 0.188 e. The van der Waals surface area contributed by atoms with E-state index in [-0.39, 0.29) is 17.8 Å². The first kappa shape index (κ1) is 14.9. The molecule has 0 aliphatic heterocycles. The van der Waals surface area contributed by atoms with Gasteiger partial charge in [-0.2, -0.15) is 0 Å². The van der Waals surface area contributed by atoms with E-state index in [0.29, 0.717) is 5.56 Å². The van der Waals surface area contributed by atoms with E-state index in [4.69, 9.17) is 4.74 Å². The second kappa shape index (κ2) is 5.09. The molecule has 0 fully saturated rings. The van der Waals surface area contributed by atoms with Crippen LogP contribution in [0.1, 0.15) is 30.6 Å². The predicted molar refractivity (Wildman–Crippen MR) is 73.3 cm³/mol. The van der Waals surface area contributed by atoms with Gasteiger partial charge in [0.25, 0.3) is 0 Å². The van der Waals surface area contributed by atoms with Crippen molar-refractivity contribution in [2.24, 2.45) is 0 Å². The highest BCUT2D eigenvalue weighted by molar-refractivity contribution is 6.09. The molecule has 0 amide bonds. The first-order chi connectivity index (χ1) is 9.28. The molecule has 3 unspecified atom stereocenters. The van der Waals surface area contributed by atoms with Crippen molar-refractivity contribution in [2.45, 2.75) is 37.7 Å². The van der Waals surface area contributed by atoms with Crippen molar-refractivity contribution in [3.05, 3.63) is 47.5 Å². The minimum Gasteiger partial charge on any atom is -0.374 e. The van der Waals surface area contributed by atoms with Crippen molar-refractivity contribution in [1.82, 2.24) is 0 Å². The van der Waals surface area contributed by atoms with Crippen molar-refractivity contribution in [1.29, 1.82) is 0 Å². The van der Waals surface area contributed by atoms with Crippen LogP contribution in [0.15, 0.2) is 42.0 Å². The summed E-state index contributed by atoms with van der Waals surface area (Å²) in [6.07, 6.45) is -0.182. The number of alkyl halides is 2. The lowest BCUT2D eigenvalue weighted by atomic mass is 9.75. The maximum atomic E-state index is 14.6. The van der Waals surface area contributed by atoms with Gasteiger partial charge >= 0.3 is 0 Å². The van der Waals surface area contributed by atoms with Crippen LogP contribution >= 0.6 is 0 Å². The largest absolute Gasteiger partial charge is 0.374 e. The van der Waals surface area contributed by atoms with E-state index in [0.717, 1.165) is 0 Å². The lowest BCUT2D eigenvalue weighted by Crippen LogP contribution is -2.52. The molecule has 108 valence electrons. The van der Waals surface area contributed by atoms with Crippen molar-refractivity contribution < 1.29 is 18.3 Å². The van der Waals surface area contributed by atoms with Gasteiger partial charge in [-0.05, 0) is 19.9 Å². The Morgan fingerprint density at radius 2 is 1.85 bits per heavy atom. The Morgan fingerprint density at radius 3 is 2.35 bits per heavy atom. The first-order valence-electron chi connectivity index (χ1n) is 6.50. The molecule has 0 bridgehead atoms. The second-order valence-electron chi connectivity index (χ2n) is 5.59. The molecule has 1 aliphatic rings. The summed E-state index contributed by atoms with van der Waals surface area (Å²) in [7, 11) is 1.28. The minimum absolute atomic E-state index is 0.152. The Morgan fingerprint density at radius 1 is 1.25 bits per heavy atom. The van der Waals surface area contributed by atoms with Crippen LogP contribution in [0.4, 0.5) is 8.78 Å². The molecule has 0 saturated carbocycles. The van der Waals surface area contributed by atoms with E-state index >= 15 is 0 Å². The highest BCUT2D eigenvalue weighted by Gasteiger charge is 2.51. The van der Waals surface area contributed by atoms with E-state index in [9.17, 15) is 13.6 Å². The Hall–Kier alpha value is -1.55. The fraction of sp³-hybridized carbons (Fsp3) is 0.438. The van der Waals surface area contributed by atoms with E-state index in [1.54, 1.807) is 30.3 Å². The fourth-order valence-corrected chi connectivity index (χ4v) is 2.92. The molecule has 2 nitrogen and oxygen atoms in total. The van der Waals surface area contributed by atoms with Crippen LogP contribution in [-0.2, 0) is 4.74 Å². The minimum atomic E-state index is -2.02. The molecule has 0 heterocycles. The van der Waals surface area contributed by atoms with Crippen LogP contribution in [0.2, 0.25) is 0 Å². The molecule has 4 heteroatoms. The van der Waals surface area contributed by atoms with E-state index in [2.05, 4.69) is 0 Å². The monoisotopic (exact) mass is 280 g/mol. The number of halogens is 2. The predicted octanol–water partition coefficient (Wildman–Crippen LogP) is 3.67. The summed E-state index contributed by atoms with van der Waals surface area (Å²) >= 11 is 0. The maximum Gasteiger partial charge on any atom is 0.188 e. The molecule has 2 rings (SSSR count). The van der Waals surface area contributed by atoms with Crippen LogP contribution < -0.4 is 0 Å². The highest BCUT2D eigenvalue weighted by atomic mass is 19.2. The third-order valence-corrected chi connectivity index (χ3v) is 3.62. The Balaban J connectivity index is 2.39.